The van der Waals surface area contributed by atoms with Crippen molar-refractivity contribution in [3.63, 3.8) is 0 Å². The van der Waals surface area contributed by atoms with E-state index in [1.165, 1.54) is 27.6 Å². The van der Waals surface area contributed by atoms with Crippen LogP contribution in [0, 0.1) is 18.8 Å². The number of hydrogen-bond acceptors (Lipinski definition) is 4. The van der Waals surface area contributed by atoms with Crippen LogP contribution in [0.2, 0.25) is 0 Å². The topological polar surface area (TPSA) is 33.5 Å². The van der Waals surface area contributed by atoms with Gasteiger partial charge in [0.05, 0.1) is 0 Å². The van der Waals surface area contributed by atoms with E-state index in [4.69, 9.17) is 9.72 Å². The van der Waals surface area contributed by atoms with Gasteiger partial charge in [0.1, 0.15) is 5.82 Å². The molecule has 0 aliphatic carbocycles. The molecule has 0 spiro atoms. The van der Waals surface area contributed by atoms with Crippen molar-refractivity contribution in [3.8, 4) is 39.6 Å². The van der Waals surface area contributed by atoms with Gasteiger partial charge in [0.15, 0.2) is 0 Å². The second-order valence-electron chi connectivity index (χ2n) is 20.0. The summed E-state index contributed by atoms with van der Waals surface area (Å²) in [7, 11) is 0. The van der Waals surface area contributed by atoms with Gasteiger partial charge in [-0.05, 0) is 80.8 Å². The van der Waals surface area contributed by atoms with E-state index in [1.54, 1.807) is 0 Å². The zero-order valence-corrected chi connectivity index (χ0v) is 42.7. The predicted molar refractivity (Wildman–Crippen MR) is 280 cm³/mol. The molecule has 0 radical (unpaired) electrons. The standard InChI is InChI=1S/C62H59N4O.Pt/c1-9-19-42-31-32-54-52(35-42)53-37-45(20-10-2)58(40-57(53)66(54)59-38-47(33-34-63-59)62(6,7)8)67-49-26-17-25-48(39-49)64-41-65(56-30-15-14-29-55(56)64)60-50(43-21-12-11-13-22-43)27-18-28-51(60)44-23-16-24-46(36-44)61(3,4)5;/h11-18,21-38,41H,9-10,19-20H2,1-8H3;/q-3;. The van der Waals surface area contributed by atoms with Crippen LogP contribution in [0.3, 0.4) is 0 Å². The molecule has 1 aliphatic heterocycles. The summed E-state index contributed by atoms with van der Waals surface area (Å²) in [6, 6.07) is 62.3. The third kappa shape index (κ3) is 8.90. The van der Waals surface area contributed by atoms with Crippen LogP contribution in [0.25, 0.3) is 49.9 Å². The Kier molecular flexibility index (Phi) is 13.0. The fourth-order valence-corrected chi connectivity index (χ4v) is 9.56. The number of nitrogens with zero attached hydrogens (tertiary/aromatic N) is 4. The molecule has 1 aliphatic rings. The Bertz CT molecular complexity index is 3260. The average molecular weight is 1070 g/mol. The summed E-state index contributed by atoms with van der Waals surface area (Å²) in [5.74, 6) is 2.21. The van der Waals surface area contributed by atoms with Gasteiger partial charge in [-0.1, -0.05) is 177 Å². The summed E-state index contributed by atoms with van der Waals surface area (Å²) in [4.78, 5) is 9.56. The molecule has 0 saturated heterocycles. The second kappa shape index (κ2) is 18.9. The molecule has 3 heterocycles. The first-order valence-corrected chi connectivity index (χ1v) is 23.9. The molecule has 0 saturated carbocycles. The van der Waals surface area contributed by atoms with Crippen molar-refractivity contribution in [2.75, 3.05) is 9.80 Å². The predicted octanol–water partition coefficient (Wildman–Crippen LogP) is 16.8. The Balaban J connectivity index is 0.00000578. The number of aryl methyl sites for hydroxylation is 2. The third-order valence-electron chi connectivity index (χ3n) is 13.1. The number of benzene rings is 7. The van der Waals surface area contributed by atoms with E-state index in [2.05, 4.69) is 234 Å². The Morgan fingerprint density at radius 2 is 1.25 bits per heavy atom. The van der Waals surface area contributed by atoms with Gasteiger partial charge in [-0.2, -0.15) is 12.1 Å². The zero-order valence-electron chi connectivity index (χ0n) is 40.4. The molecular weight excluding hydrogens is 1010 g/mol. The third-order valence-corrected chi connectivity index (χ3v) is 13.1. The molecule has 0 atom stereocenters. The van der Waals surface area contributed by atoms with Crippen LogP contribution < -0.4 is 14.5 Å². The Morgan fingerprint density at radius 1 is 0.588 bits per heavy atom. The van der Waals surface area contributed by atoms with Crippen molar-refractivity contribution >= 4 is 44.6 Å². The first kappa shape index (κ1) is 46.7. The van der Waals surface area contributed by atoms with E-state index >= 15 is 0 Å². The molecule has 0 N–H and O–H groups in total. The van der Waals surface area contributed by atoms with Gasteiger partial charge in [-0.25, -0.2) is 4.98 Å². The van der Waals surface area contributed by atoms with Gasteiger partial charge in [0.2, 0.25) is 0 Å². The van der Waals surface area contributed by atoms with E-state index in [0.29, 0.717) is 11.5 Å². The van der Waals surface area contributed by atoms with Gasteiger partial charge >= 0.3 is 0 Å². The van der Waals surface area contributed by atoms with Gasteiger partial charge in [-0.3, -0.25) is 0 Å². The maximum atomic E-state index is 6.99. The summed E-state index contributed by atoms with van der Waals surface area (Å²) in [6.45, 7) is 20.2. The van der Waals surface area contributed by atoms with Crippen LogP contribution in [-0.2, 0) is 44.7 Å². The van der Waals surface area contributed by atoms with Crippen LogP contribution in [-0.4, -0.2) is 9.55 Å². The number of rotatable bonds is 11. The normalized spacial score (nSPS) is 12.7. The molecular formula is C62H59N4OPt-3. The maximum absolute atomic E-state index is 6.99. The molecule has 0 fully saturated rings. The molecule has 0 amide bonds. The van der Waals surface area contributed by atoms with Crippen molar-refractivity contribution < 1.29 is 25.8 Å². The molecule has 6 heteroatoms. The van der Waals surface area contributed by atoms with Crippen LogP contribution >= 0.6 is 0 Å². The smallest absolute Gasteiger partial charge is 0.135 e. The number of fused-ring (bicyclic) bond motifs is 4. The molecule has 7 aromatic carbocycles. The van der Waals surface area contributed by atoms with E-state index in [1.807, 2.05) is 12.3 Å². The second-order valence-corrected chi connectivity index (χ2v) is 20.0. The van der Waals surface area contributed by atoms with Crippen LogP contribution in [0.5, 0.6) is 11.5 Å². The van der Waals surface area contributed by atoms with E-state index in [-0.39, 0.29) is 31.9 Å². The SMILES string of the molecule is CCCc1ccc2c(c1)c1cc(CCC)c(Oc3[c-]c(N4[CH-]N(c5c(-c6ccccc6)cccc5-c5cccc(C(C)(C)C)c5)c5ccccc54)ccc3)[c-]c1n2-c1cc(C(C)(C)C)ccn1.[Pt]. The average Bonchev–Trinajstić information content (AvgIpc) is 3.87. The molecule has 0 bridgehead atoms. The molecule has 346 valence electrons. The van der Waals surface area contributed by atoms with Crippen molar-refractivity contribution in [3.05, 3.63) is 199 Å². The Labute approximate surface area is 417 Å². The van der Waals surface area contributed by atoms with Crippen molar-refractivity contribution in [1.29, 1.82) is 0 Å². The summed E-state index contributed by atoms with van der Waals surface area (Å²) in [5, 5.41) is 2.37. The van der Waals surface area contributed by atoms with E-state index in [9.17, 15) is 0 Å². The number of para-hydroxylation sites is 3. The van der Waals surface area contributed by atoms with E-state index < -0.39 is 0 Å². The molecule has 5 nitrogen and oxygen atoms in total. The minimum absolute atomic E-state index is 0. The summed E-state index contributed by atoms with van der Waals surface area (Å²) < 4.78 is 9.26. The summed E-state index contributed by atoms with van der Waals surface area (Å²) in [6.07, 6.45) is 5.87. The molecule has 2 aromatic heterocycles. The largest absolute Gasteiger partial charge is 0.509 e. The number of aromatic nitrogens is 2. The van der Waals surface area contributed by atoms with Gasteiger partial charge in [0, 0.05) is 72.5 Å². The Morgan fingerprint density at radius 3 is 1.99 bits per heavy atom. The summed E-state index contributed by atoms with van der Waals surface area (Å²) in [5.41, 5.74) is 15.8. The molecule has 9 aromatic rings. The van der Waals surface area contributed by atoms with Gasteiger partial charge in [-0.15, -0.1) is 47.6 Å². The van der Waals surface area contributed by atoms with Crippen molar-refractivity contribution in [2.45, 2.75) is 91.9 Å². The van der Waals surface area contributed by atoms with Crippen LogP contribution in [0.1, 0.15) is 90.5 Å². The number of hydrogen-bond donors (Lipinski definition) is 0. The molecule has 10 rings (SSSR count). The number of anilines is 4. The fraction of sp³-hybridized carbons (Fsp3) is 0.226. The Hall–Kier alpha value is -6.42. The monoisotopic (exact) mass is 1070 g/mol. The first-order chi connectivity index (χ1) is 32.4. The number of ether oxygens (including phenoxy) is 1. The fourth-order valence-electron chi connectivity index (χ4n) is 9.56. The van der Waals surface area contributed by atoms with E-state index in [0.717, 1.165) is 92.9 Å². The first-order valence-electron chi connectivity index (χ1n) is 23.9. The molecule has 68 heavy (non-hydrogen) atoms. The summed E-state index contributed by atoms with van der Waals surface area (Å²) >= 11 is 0. The zero-order chi connectivity index (χ0) is 46.5. The minimum atomic E-state index is -0.0339. The van der Waals surface area contributed by atoms with Crippen molar-refractivity contribution in [1.82, 2.24) is 9.55 Å². The quantitative estimate of drug-likeness (QED) is 0.121. The minimum Gasteiger partial charge on any atom is -0.509 e. The van der Waals surface area contributed by atoms with Crippen LogP contribution in [0.4, 0.5) is 22.7 Å². The van der Waals surface area contributed by atoms with Gasteiger partial charge in [0.25, 0.3) is 0 Å². The van der Waals surface area contributed by atoms with Gasteiger partial charge < -0.3 is 19.1 Å². The van der Waals surface area contributed by atoms with Crippen molar-refractivity contribution in [2.24, 2.45) is 0 Å². The molecule has 0 unspecified atom stereocenters. The van der Waals surface area contributed by atoms with Crippen LogP contribution in [0.15, 0.2) is 158 Å². The maximum Gasteiger partial charge on any atom is 0.135 e. The number of pyridine rings is 1.